The molecular weight excluding hydrogens is 285 g/mol. The van der Waals surface area contributed by atoms with Gasteiger partial charge in [-0.3, -0.25) is 10.1 Å². The summed E-state index contributed by atoms with van der Waals surface area (Å²) in [5, 5.41) is 21.8. The monoisotopic (exact) mass is 294 g/mol. The normalized spacial score (nSPS) is 13.9. The molecule has 1 rings (SSSR count). The van der Waals surface area contributed by atoms with Gasteiger partial charge in [-0.15, -0.1) is 0 Å². The van der Waals surface area contributed by atoms with Gasteiger partial charge in [0.1, 0.15) is 0 Å². The van der Waals surface area contributed by atoms with Crippen LogP contribution in [-0.2, 0) is 0 Å². The number of aromatic nitrogens is 1. The molecular formula is C9H9F3N4O4. The number of halogens is 3. The van der Waals surface area contributed by atoms with Gasteiger partial charge < -0.3 is 15.7 Å². The van der Waals surface area contributed by atoms with E-state index in [1.807, 2.05) is 0 Å². The number of rotatable bonds is 4. The minimum absolute atomic E-state index is 0.133. The van der Waals surface area contributed by atoms with Gasteiger partial charge in [0.25, 0.3) is 5.88 Å². The van der Waals surface area contributed by atoms with E-state index < -0.39 is 34.6 Å². The van der Waals surface area contributed by atoms with E-state index in [1.54, 1.807) is 0 Å². The maximum absolute atomic E-state index is 12.3. The number of oxime groups is 1. The van der Waals surface area contributed by atoms with Gasteiger partial charge in [-0.2, -0.15) is 13.2 Å². The Labute approximate surface area is 109 Å². The lowest BCUT2D eigenvalue weighted by Crippen LogP contribution is -2.31. The van der Waals surface area contributed by atoms with E-state index in [4.69, 9.17) is 10.9 Å². The van der Waals surface area contributed by atoms with E-state index in [9.17, 15) is 23.3 Å². The Hall–Kier alpha value is -2.59. The molecule has 0 radical (unpaired) electrons. The van der Waals surface area contributed by atoms with Gasteiger partial charge in [-0.1, -0.05) is 5.16 Å². The summed E-state index contributed by atoms with van der Waals surface area (Å²) in [7, 11) is 0. The fourth-order valence-corrected chi connectivity index (χ4v) is 1.09. The van der Waals surface area contributed by atoms with Crippen LogP contribution in [0.5, 0.6) is 5.88 Å². The minimum atomic E-state index is -4.69. The second-order valence-corrected chi connectivity index (χ2v) is 3.59. The predicted octanol–water partition coefficient (Wildman–Crippen LogP) is 1.41. The smallest absolute Gasteiger partial charge is 0.425 e. The number of pyridine rings is 1. The molecule has 0 bridgehead atoms. The largest absolute Gasteiger partial charge is 0.460 e. The molecule has 110 valence electrons. The number of hydrogen-bond donors (Lipinski definition) is 2. The van der Waals surface area contributed by atoms with Crippen molar-refractivity contribution >= 4 is 11.5 Å². The molecule has 0 saturated carbocycles. The minimum Gasteiger partial charge on any atom is -0.460 e. The Morgan fingerprint density at radius 2 is 2.25 bits per heavy atom. The van der Waals surface area contributed by atoms with Gasteiger partial charge in [-0.05, 0) is 6.92 Å². The Morgan fingerprint density at radius 3 is 2.70 bits per heavy atom. The Balaban J connectivity index is 3.18. The zero-order valence-electron chi connectivity index (χ0n) is 9.96. The molecule has 1 atom stereocenters. The molecule has 0 saturated heterocycles. The molecule has 0 aliphatic rings. The second-order valence-electron chi connectivity index (χ2n) is 3.59. The molecule has 0 aliphatic carbocycles. The summed E-state index contributed by atoms with van der Waals surface area (Å²) in [5.74, 6) is -1.29. The van der Waals surface area contributed by atoms with Crippen molar-refractivity contribution < 1.29 is 28.0 Å². The van der Waals surface area contributed by atoms with Gasteiger partial charge in [0.15, 0.2) is 11.9 Å². The number of nitrogens with zero attached hydrogens (tertiary/aromatic N) is 3. The quantitative estimate of drug-likeness (QED) is 0.284. The van der Waals surface area contributed by atoms with Crippen molar-refractivity contribution in [3.63, 3.8) is 0 Å². The molecule has 1 aromatic rings. The van der Waals surface area contributed by atoms with Gasteiger partial charge in [0.2, 0.25) is 0 Å². The van der Waals surface area contributed by atoms with Crippen LogP contribution in [0.1, 0.15) is 12.5 Å². The molecule has 0 fully saturated rings. The average molecular weight is 294 g/mol. The van der Waals surface area contributed by atoms with Gasteiger partial charge in [0, 0.05) is 17.8 Å². The van der Waals surface area contributed by atoms with Crippen LogP contribution in [0, 0.1) is 10.1 Å². The van der Waals surface area contributed by atoms with Crippen molar-refractivity contribution in [3.8, 4) is 5.88 Å². The molecule has 1 unspecified atom stereocenters. The van der Waals surface area contributed by atoms with Gasteiger partial charge in [0.05, 0.1) is 4.92 Å². The van der Waals surface area contributed by atoms with E-state index >= 15 is 0 Å². The van der Waals surface area contributed by atoms with Crippen LogP contribution < -0.4 is 10.5 Å². The molecule has 20 heavy (non-hydrogen) atoms. The van der Waals surface area contributed by atoms with Crippen molar-refractivity contribution in [2.45, 2.75) is 19.2 Å². The summed E-state index contributed by atoms with van der Waals surface area (Å²) in [6, 6.07) is 0.792. The fourth-order valence-electron chi connectivity index (χ4n) is 1.09. The van der Waals surface area contributed by atoms with Crippen molar-refractivity contribution in [2.75, 3.05) is 0 Å². The molecule has 11 heteroatoms. The fraction of sp³-hybridized carbons (Fsp3) is 0.333. The Morgan fingerprint density at radius 1 is 1.65 bits per heavy atom. The SMILES string of the molecule is CC(Oc1ncc(C(N)=NO)cc1[N+](=O)[O-])C(F)(F)F. The third-order valence-electron chi connectivity index (χ3n) is 2.18. The van der Waals surface area contributed by atoms with E-state index in [0.717, 1.165) is 12.3 Å². The molecule has 0 aromatic carbocycles. The van der Waals surface area contributed by atoms with Crippen LogP contribution in [0.4, 0.5) is 18.9 Å². The van der Waals surface area contributed by atoms with Crippen LogP contribution in [0.3, 0.4) is 0 Å². The number of ether oxygens (including phenoxy) is 1. The van der Waals surface area contributed by atoms with Crippen molar-refractivity contribution in [2.24, 2.45) is 10.9 Å². The number of alkyl halides is 3. The van der Waals surface area contributed by atoms with Crippen LogP contribution in [0.2, 0.25) is 0 Å². The third kappa shape index (κ3) is 3.46. The molecule has 8 nitrogen and oxygen atoms in total. The first-order valence-corrected chi connectivity index (χ1v) is 5.02. The summed E-state index contributed by atoms with van der Waals surface area (Å²) in [6.07, 6.45) is -6.08. The lowest BCUT2D eigenvalue weighted by Gasteiger charge is -2.16. The van der Waals surface area contributed by atoms with Crippen LogP contribution in [0.25, 0.3) is 0 Å². The highest BCUT2D eigenvalue weighted by atomic mass is 19.4. The third-order valence-corrected chi connectivity index (χ3v) is 2.18. The summed E-state index contributed by atoms with van der Waals surface area (Å²) < 4.78 is 41.4. The first-order valence-electron chi connectivity index (χ1n) is 5.02. The zero-order chi connectivity index (χ0) is 15.5. The number of nitrogens with two attached hydrogens (primary N) is 1. The molecule has 0 spiro atoms. The first-order chi connectivity index (χ1) is 9.16. The van der Waals surface area contributed by atoms with Crippen molar-refractivity contribution in [1.29, 1.82) is 0 Å². The Kier molecular flexibility index (Phi) is 4.32. The standard InChI is InChI=1S/C9H9F3N4O4/c1-4(9(10,11)12)20-8-6(16(18)19)2-5(3-14-8)7(13)15-17/h2-4,17H,1H3,(H2,13,15). The lowest BCUT2D eigenvalue weighted by atomic mass is 10.2. The van der Waals surface area contributed by atoms with E-state index in [0.29, 0.717) is 6.92 Å². The number of nitro groups is 1. The average Bonchev–Trinajstić information content (AvgIpc) is 2.36. The summed E-state index contributed by atoms with van der Waals surface area (Å²) in [6.45, 7) is 0.683. The zero-order valence-corrected chi connectivity index (χ0v) is 9.96. The highest BCUT2D eigenvalue weighted by Crippen LogP contribution is 2.30. The molecule has 0 amide bonds. The van der Waals surface area contributed by atoms with Gasteiger partial charge in [-0.25, -0.2) is 4.98 Å². The van der Waals surface area contributed by atoms with E-state index in [1.165, 1.54) is 0 Å². The van der Waals surface area contributed by atoms with E-state index in [-0.39, 0.29) is 5.56 Å². The molecule has 3 N–H and O–H groups in total. The summed E-state index contributed by atoms with van der Waals surface area (Å²) >= 11 is 0. The molecule has 1 aromatic heterocycles. The predicted molar refractivity (Wildman–Crippen MR) is 59.5 cm³/mol. The maximum atomic E-state index is 12.3. The number of amidine groups is 1. The second kappa shape index (κ2) is 5.59. The highest BCUT2D eigenvalue weighted by molar-refractivity contribution is 5.97. The van der Waals surface area contributed by atoms with Gasteiger partial charge >= 0.3 is 11.9 Å². The van der Waals surface area contributed by atoms with Crippen LogP contribution in [-0.4, -0.2) is 33.2 Å². The van der Waals surface area contributed by atoms with Crippen molar-refractivity contribution in [1.82, 2.24) is 4.98 Å². The summed E-state index contributed by atoms with van der Waals surface area (Å²) in [5.41, 5.74) is 4.24. The molecule has 0 aliphatic heterocycles. The van der Waals surface area contributed by atoms with E-state index in [2.05, 4.69) is 14.9 Å². The maximum Gasteiger partial charge on any atom is 0.425 e. The topological polar surface area (TPSA) is 124 Å². The lowest BCUT2D eigenvalue weighted by molar-refractivity contribution is -0.386. The summed E-state index contributed by atoms with van der Waals surface area (Å²) in [4.78, 5) is 13.2. The van der Waals surface area contributed by atoms with Crippen LogP contribution in [0.15, 0.2) is 17.4 Å². The number of hydrogen-bond acceptors (Lipinski definition) is 6. The Bertz CT molecular complexity index is 546. The van der Waals surface area contributed by atoms with Crippen molar-refractivity contribution in [3.05, 3.63) is 27.9 Å². The molecule has 1 heterocycles. The van der Waals surface area contributed by atoms with Crippen LogP contribution >= 0.6 is 0 Å². The highest BCUT2D eigenvalue weighted by Gasteiger charge is 2.39. The first kappa shape index (κ1) is 15.5.